The van der Waals surface area contributed by atoms with Gasteiger partial charge in [0.2, 0.25) is 10.0 Å². The zero-order valence-electron chi connectivity index (χ0n) is 20.2. The summed E-state index contributed by atoms with van der Waals surface area (Å²) in [5.74, 6) is -0.138. The summed E-state index contributed by atoms with van der Waals surface area (Å²) < 4.78 is 34.9. The van der Waals surface area contributed by atoms with Gasteiger partial charge in [-0.05, 0) is 49.9 Å². The molecule has 35 heavy (non-hydrogen) atoms. The molecule has 0 bridgehead atoms. The second-order valence-corrected chi connectivity index (χ2v) is 10.8. The van der Waals surface area contributed by atoms with Gasteiger partial charge in [-0.2, -0.15) is 9.40 Å². The number of rotatable bonds is 8. The smallest absolute Gasteiger partial charge is 0.276 e. The molecular formula is C25H30N4O5S. The van der Waals surface area contributed by atoms with Crippen LogP contribution in [0.15, 0.2) is 52.2 Å². The molecule has 1 N–H and O–H groups in total. The molecular weight excluding hydrogens is 468 g/mol. The normalized spacial score (nSPS) is 14.5. The Labute approximate surface area is 204 Å². The van der Waals surface area contributed by atoms with Crippen LogP contribution in [0.1, 0.15) is 44.1 Å². The Morgan fingerprint density at radius 3 is 2.46 bits per heavy atom. The molecule has 2 heterocycles. The number of benzene rings is 2. The number of hydrogen-bond acceptors (Lipinski definition) is 6. The Hall–Kier alpha value is -3.24. The summed E-state index contributed by atoms with van der Waals surface area (Å²) in [6.07, 6.45) is 1.62. The predicted molar refractivity (Wildman–Crippen MR) is 134 cm³/mol. The molecule has 1 aliphatic rings. The Kier molecular flexibility index (Phi) is 7.23. The van der Waals surface area contributed by atoms with Crippen LogP contribution in [-0.2, 0) is 16.6 Å². The van der Waals surface area contributed by atoms with E-state index < -0.39 is 15.9 Å². The van der Waals surface area contributed by atoms with Crippen molar-refractivity contribution in [2.24, 2.45) is 5.92 Å². The summed E-state index contributed by atoms with van der Waals surface area (Å²) >= 11 is 0. The molecule has 1 amide bonds. The van der Waals surface area contributed by atoms with Crippen molar-refractivity contribution in [2.75, 3.05) is 25.0 Å². The van der Waals surface area contributed by atoms with Gasteiger partial charge < -0.3 is 10.1 Å². The van der Waals surface area contributed by atoms with Gasteiger partial charge in [0.1, 0.15) is 10.6 Å². The molecule has 4 rings (SSSR count). The maximum absolute atomic E-state index is 13.3. The highest BCUT2D eigenvalue weighted by Gasteiger charge is 2.30. The monoisotopic (exact) mass is 498 g/mol. The van der Waals surface area contributed by atoms with Crippen LogP contribution >= 0.6 is 0 Å². The number of carbonyl (C=O) groups is 1. The van der Waals surface area contributed by atoms with E-state index in [1.165, 1.54) is 15.1 Å². The number of fused-ring (bicyclic) bond motifs is 1. The number of hydrogen-bond donors (Lipinski definition) is 1. The number of ether oxygens (including phenoxy) is 1. The van der Waals surface area contributed by atoms with E-state index in [0.29, 0.717) is 42.7 Å². The fourth-order valence-electron chi connectivity index (χ4n) is 4.19. The van der Waals surface area contributed by atoms with Crippen molar-refractivity contribution in [1.29, 1.82) is 0 Å². The Morgan fingerprint density at radius 1 is 1.11 bits per heavy atom. The zero-order valence-corrected chi connectivity index (χ0v) is 21.0. The average Bonchev–Trinajstić information content (AvgIpc) is 3.38. The van der Waals surface area contributed by atoms with Gasteiger partial charge in [-0.3, -0.25) is 9.59 Å². The van der Waals surface area contributed by atoms with Gasteiger partial charge in [-0.15, -0.1) is 0 Å². The highest BCUT2D eigenvalue weighted by molar-refractivity contribution is 7.89. The minimum absolute atomic E-state index is 0.0154. The summed E-state index contributed by atoms with van der Waals surface area (Å²) in [6, 6.07) is 11.4. The van der Waals surface area contributed by atoms with Crippen LogP contribution in [0.4, 0.5) is 5.69 Å². The second kappa shape index (κ2) is 10.2. The van der Waals surface area contributed by atoms with E-state index in [9.17, 15) is 18.0 Å². The molecule has 10 heteroatoms. The summed E-state index contributed by atoms with van der Waals surface area (Å²) in [5.41, 5.74) is 0.133. The Bertz CT molecular complexity index is 1410. The van der Waals surface area contributed by atoms with Gasteiger partial charge in [-0.1, -0.05) is 32.0 Å². The third kappa shape index (κ3) is 5.08. The first-order valence-electron chi connectivity index (χ1n) is 11.8. The van der Waals surface area contributed by atoms with Crippen molar-refractivity contribution in [3.63, 3.8) is 0 Å². The topological polar surface area (TPSA) is 111 Å². The summed E-state index contributed by atoms with van der Waals surface area (Å²) in [6.45, 7) is 7.30. The van der Waals surface area contributed by atoms with Crippen molar-refractivity contribution in [2.45, 2.75) is 45.1 Å². The third-order valence-corrected chi connectivity index (χ3v) is 7.73. The van der Waals surface area contributed by atoms with Crippen LogP contribution in [0.2, 0.25) is 0 Å². The van der Waals surface area contributed by atoms with Crippen molar-refractivity contribution in [3.8, 4) is 5.75 Å². The molecule has 0 radical (unpaired) electrons. The van der Waals surface area contributed by atoms with Gasteiger partial charge in [0.25, 0.3) is 11.5 Å². The molecule has 1 saturated heterocycles. The van der Waals surface area contributed by atoms with Crippen molar-refractivity contribution >= 4 is 32.4 Å². The first kappa shape index (κ1) is 24.9. The van der Waals surface area contributed by atoms with E-state index in [2.05, 4.69) is 10.4 Å². The maximum atomic E-state index is 13.3. The highest BCUT2D eigenvalue weighted by atomic mass is 32.2. The second-order valence-electron chi connectivity index (χ2n) is 8.94. The number of nitrogens with zero attached hydrogens (tertiary/aromatic N) is 3. The first-order valence-corrected chi connectivity index (χ1v) is 13.2. The van der Waals surface area contributed by atoms with Gasteiger partial charge in [0.15, 0.2) is 5.69 Å². The van der Waals surface area contributed by atoms with Gasteiger partial charge in [0.05, 0.1) is 12.0 Å². The lowest BCUT2D eigenvalue weighted by atomic mass is 10.1. The first-order chi connectivity index (χ1) is 16.7. The Morgan fingerprint density at radius 2 is 1.80 bits per heavy atom. The number of amides is 1. The standard InChI is InChI=1S/C25H30N4O5S/c1-4-34-21-12-11-18(15-22(21)35(32,33)28-13-7-8-14-28)26-24(30)23-19-9-5-6-10-20(19)25(31)29(27-23)16-17(2)3/h5-6,9-12,15,17H,4,7-8,13-14,16H2,1-3H3,(H,26,30). The van der Waals surface area contributed by atoms with Gasteiger partial charge in [-0.25, -0.2) is 13.1 Å². The van der Waals surface area contributed by atoms with E-state index in [-0.39, 0.29) is 27.8 Å². The maximum Gasteiger partial charge on any atom is 0.276 e. The van der Waals surface area contributed by atoms with Crippen LogP contribution in [-0.4, -0.2) is 48.1 Å². The largest absolute Gasteiger partial charge is 0.492 e. The van der Waals surface area contributed by atoms with Crippen LogP contribution in [0.5, 0.6) is 5.75 Å². The molecule has 0 atom stereocenters. The fraction of sp³-hybridized carbons (Fsp3) is 0.400. The van der Waals surface area contributed by atoms with Crippen molar-refractivity contribution in [1.82, 2.24) is 14.1 Å². The zero-order chi connectivity index (χ0) is 25.2. The van der Waals surface area contributed by atoms with E-state index in [4.69, 9.17) is 4.74 Å². The van der Waals surface area contributed by atoms with Crippen molar-refractivity contribution < 1.29 is 17.9 Å². The average molecular weight is 499 g/mol. The van der Waals surface area contributed by atoms with E-state index in [0.717, 1.165) is 12.8 Å². The molecule has 1 aromatic heterocycles. The molecule has 0 spiro atoms. The molecule has 1 aliphatic heterocycles. The minimum atomic E-state index is -3.78. The molecule has 3 aromatic rings. The number of sulfonamides is 1. The molecule has 0 aliphatic carbocycles. The lowest BCUT2D eigenvalue weighted by Gasteiger charge is -2.19. The molecule has 2 aromatic carbocycles. The summed E-state index contributed by atoms with van der Waals surface area (Å²) in [4.78, 5) is 26.2. The van der Waals surface area contributed by atoms with E-state index in [1.54, 1.807) is 43.3 Å². The summed E-state index contributed by atoms with van der Waals surface area (Å²) in [7, 11) is -3.78. The van der Waals surface area contributed by atoms with Gasteiger partial charge >= 0.3 is 0 Å². The molecule has 0 saturated carbocycles. The molecule has 186 valence electrons. The quantitative estimate of drug-likeness (QED) is 0.509. The predicted octanol–water partition coefficient (Wildman–Crippen LogP) is 3.49. The molecule has 1 fully saturated rings. The Balaban J connectivity index is 1.74. The van der Waals surface area contributed by atoms with Crippen LogP contribution in [0.3, 0.4) is 0 Å². The van der Waals surface area contributed by atoms with Crippen LogP contribution in [0.25, 0.3) is 10.8 Å². The van der Waals surface area contributed by atoms with E-state index in [1.807, 2.05) is 13.8 Å². The number of aromatic nitrogens is 2. The molecule has 9 nitrogen and oxygen atoms in total. The summed E-state index contributed by atoms with van der Waals surface area (Å²) in [5, 5.41) is 7.96. The lowest BCUT2D eigenvalue weighted by molar-refractivity contribution is 0.102. The highest BCUT2D eigenvalue weighted by Crippen LogP contribution is 2.32. The van der Waals surface area contributed by atoms with Crippen LogP contribution < -0.4 is 15.6 Å². The number of carbonyl (C=O) groups excluding carboxylic acids is 1. The van der Waals surface area contributed by atoms with Crippen LogP contribution in [0, 0.1) is 5.92 Å². The van der Waals surface area contributed by atoms with Gasteiger partial charge in [0, 0.05) is 30.7 Å². The third-order valence-electron chi connectivity index (χ3n) is 5.81. The number of anilines is 1. The fourth-order valence-corrected chi connectivity index (χ4v) is 5.87. The lowest BCUT2D eigenvalue weighted by Crippen LogP contribution is -2.29. The SMILES string of the molecule is CCOc1ccc(NC(=O)c2nn(CC(C)C)c(=O)c3ccccc23)cc1S(=O)(=O)N1CCCC1. The minimum Gasteiger partial charge on any atom is -0.492 e. The molecule has 0 unspecified atom stereocenters. The number of nitrogens with one attached hydrogen (secondary N) is 1. The van der Waals surface area contributed by atoms with E-state index >= 15 is 0 Å². The van der Waals surface area contributed by atoms with Crippen molar-refractivity contribution in [3.05, 3.63) is 58.5 Å².